The second-order valence-corrected chi connectivity index (χ2v) is 5.93. The van der Waals surface area contributed by atoms with Gasteiger partial charge in [-0.25, -0.2) is 9.97 Å². The summed E-state index contributed by atoms with van der Waals surface area (Å²) in [5.74, 6) is -0.0874. The Bertz CT molecular complexity index is 764. The summed E-state index contributed by atoms with van der Waals surface area (Å²) in [5.41, 5.74) is -0.175. The highest BCUT2D eigenvalue weighted by Crippen LogP contribution is 2.34. The van der Waals surface area contributed by atoms with Gasteiger partial charge >= 0.3 is 6.18 Å². The average molecular weight is 317 g/mol. The lowest BCUT2D eigenvalue weighted by Crippen LogP contribution is -2.10. The normalized spacial score (nSPS) is 12.2. The Morgan fingerprint density at radius 1 is 1.30 bits per heavy atom. The van der Waals surface area contributed by atoms with Gasteiger partial charge in [0, 0.05) is 17.1 Å². The van der Waals surface area contributed by atoms with Gasteiger partial charge in [0.2, 0.25) is 0 Å². The number of thiazole rings is 1. The molecular weight excluding hydrogens is 311 g/mol. The van der Waals surface area contributed by atoms with Crippen molar-refractivity contribution in [1.29, 1.82) is 0 Å². The van der Waals surface area contributed by atoms with Crippen LogP contribution >= 0.6 is 23.1 Å². The van der Waals surface area contributed by atoms with Crippen molar-refractivity contribution in [2.75, 3.05) is 0 Å². The van der Waals surface area contributed by atoms with Crippen LogP contribution in [0.25, 0.3) is 5.78 Å². The minimum atomic E-state index is -4.53. The maximum absolute atomic E-state index is 12.8. The average Bonchev–Trinajstić information content (AvgIpc) is 2.96. The number of halogens is 3. The van der Waals surface area contributed by atoms with Crippen molar-refractivity contribution < 1.29 is 13.2 Å². The first kappa shape index (κ1) is 13.3. The van der Waals surface area contributed by atoms with E-state index >= 15 is 0 Å². The number of hydrogen-bond donors (Lipinski definition) is 0. The zero-order chi connectivity index (χ0) is 14.3. The molecule has 0 saturated heterocycles. The van der Waals surface area contributed by atoms with Crippen LogP contribution in [0, 0.1) is 6.92 Å². The number of hydrogen-bond acceptors (Lipinski definition) is 6. The van der Waals surface area contributed by atoms with E-state index in [1.165, 1.54) is 22.2 Å². The maximum Gasteiger partial charge on any atom is 0.433 e. The first-order valence-electron chi connectivity index (χ1n) is 5.31. The number of alkyl halides is 3. The molecular formula is C10H6F3N5S2. The Balaban J connectivity index is 2.10. The van der Waals surface area contributed by atoms with E-state index in [1.807, 2.05) is 12.3 Å². The van der Waals surface area contributed by atoms with E-state index in [9.17, 15) is 13.2 Å². The molecule has 0 saturated carbocycles. The molecule has 3 rings (SSSR count). The Morgan fingerprint density at radius 3 is 2.75 bits per heavy atom. The number of aryl methyl sites for hydroxylation is 1. The zero-order valence-corrected chi connectivity index (χ0v) is 11.6. The van der Waals surface area contributed by atoms with Gasteiger partial charge in [-0.2, -0.15) is 27.8 Å². The summed E-state index contributed by atoms with van der Waals surface area (Å²) in [6.07, 6.45) is -3.36. The lowest BCUT2D eigenvalue weighted by atomic mass is 10.4. The van der Waals surface area contributed by atoms with Crippen LogP contribution in [0.15, 0.2) is 27.1 Å². The molecule has 0 aromatic carbocycles. The Morgan fingerprint density at radius 2 is 2.10 bits per heavy atom. The third-order valence-electron chi connectivity index (χ3n) is 2.30. The second-order valence-electron chi connectivity index (χ2n) is 3.81. The van der Waals surface area contributed by atoms with Gasteiger partial charge in [0.15, 0.2) is 10.0 Å². The topological polar surface area (TPSA) is 56.0 Å². The van der Waals surface area contributed by atoms with Crippen LogP contribution in [-0.4, -0.2) is 24.6 Å². The number of rotatable bonds is 2. The second kappa shape index (κ2) is 4.70. The van der Waals surface area contributed by atoms with Crippen molar-refractivity contribution in [3.63, 3.8) is 0 Å². The summed E-state index contributed by atoms with van der Waals surface area (Å²) in [6, 6.07) is 0.947. The molecule has 0 fully saturated rings. The summed E-state index contributed by atoms with van der Waals surface area (Å²) in [5, 5.41) is 5.98. The van der Waals surface area contributed by atoms with E-state index in [0.29, 0.717) is 4.34 Å². The first-order valence-corrected chi connectivity index (χ1v) is 7.01. The Kier molecular flexibility index (Phi) is 3.13. The summed E-state index contributed by atoms with van der Waals surface area (Å²) in [6.45, 7) is 1.82. The molecule has 0 atom stereocenters. The van der Waals surface area contributed by atoms with Crippen molar-refractivity contribution in [1.82, 2.24) is 24.6 Å². The molecule has 104 valence electrons. The molecule has 20 heavy (non-hydrogen) atoms. The molecule has 3 aromatic rings. The van der Waals surface area contributed by atoms with Crippen LogP contribution in [0.1, 0.15) is 11.4 Å². The molecule has 0 unspecified atom stereocenters. The monoisotopic (exact) mass is 317 g/mol. The number of fused-ring (bicyclic) bond motifs is 1. The number of nitrogens with zero attached hydrogens (tertiary/aromatic N) is 5. The predicted molar refractivity (Wildman–Crippen MR) is 66.8 cm³/mol. The molecule has 0 aliphatic heterocycles. The lowest BCUT2D eigenvalue weighted by molar-refractivity contribution is -0.141. The van der Waals surface area contributed by atoms with E-state index in [1.54, 1.807) is 0 Å². The Hall–Kier alpha value is -1.68. The lowest BCUT2D eigenvalue weighted by Gasteiger charge is -2.08. The van der Waals surface area contributed by atoms with Crippen LogP contribution in [0.4, 0.5) is 13.2 Å². The molecule has 5 nitrogen and oxygen atoms in total. The van der Waals surface area contributed by atoms with Gasteiger partial charge in [0.25, 0.3) is 5.78 Å². The van der Waals surface area contributed by atoms with Crippen LogP contribution in [0.5, 0.6) is 0 Å². The summed E-state index contributed by atoms with van der Waals surface area (Å²) in [4.78, 5) is 11.4. The minimum absolute atomic E-state index is 0.0874. The molecule has 3 aromatic heterocycles. The van der Waals surface area contributed by atoms with Gasteiger partial charge in [0.1, 0.15) is 11.4 Å². The molecule has 0 aliphatic rings. The fraction of sp³-hybridized carbons (Fsp3) is 0.200. The maximum atomic E-state index is 12.8. The van der Waals surface area contributed by atoms with Crippen LogP contribution in [0.3, 0.4) is 0 Å². The summed E-state index contributed by atoms with van der Waals surface area (Å²) < 4.78 is 40.3. The largest absolute Gasteiger partial charge is 0.433 e. The standard InChI is InChI=1S/C10H6F3N5S2/c1-5-3-19-9(16-5)20-7-2-6(10(11,12)13)17-8-14-4-15-18(7)8/h2-4H,1H3. The molecule has 0 bridgehead atoms. The van der Waals surface area contributed by atoms with Crippen molar-refractivity contribution in [3.05, 3.63) is 29.2 Å². The molecule has 0 aliphatic carbocycles. The van der Waals surface area contributed by atoms with Crippen LogP contribution in [0.2, 0.25) is 0 Å². The van der Waals surface area contributed by atoms with Gasteiger partial charge in [-0.3, -0.25) is 0 Å². The highest BCUT2D eigenvalue weighted by Gasteiger charge is 2.34. The van der Waals surface area contributed by atoms with Gasteiger partial charge in [-0.15, -0.1) is 11.3 Å². The third-order valence-corrected chi connectivity index (χ3v) is 4.36. The van der Waals surface area contributed by atoms with E-state index in [2.05, 4.69) is 20.1 Å². The first-order chi connectivity index (χ1) is 9.43. The van der Waals surface area contributed by atoms with Gasteiger partial charge in [-0.05, 0) is 18.7 Å². The molecule has 0 amide bonds. The molecule has 0 spiro atoms. The Labute approximate surface area is 118 Å². The fourth-order valence-corrected chi connectivity index (χ4v) is 3.34. The highest BCUT2D eigenvalue weighted by atomic mass is 32.2. The van der Waals surface area contributed by atoms with Crippen LogP contribution < -0.4 is 0 Å². The number of aromatic nitrogens is 5. The van der Waals surface area contributed by atoms with E-state index in [-0.39, 0.29) is 10.8 Å². The zero-order valence-electron chi connectivity index (χ0n) is 9.92. The minimum Gasteiger partial charge on any atom is -0.235 e. The highest BCUT2D eigenvalue weighted by molar-refractivity contribution is 8.01. The third kappa shape index (κ3) is 2.48. The van der Waals surface area contributed by atoms with Crippen molar-refractivity contribution in [2.45, 2.75) is 22.5 Å². The quantitative estimate of drug-likeness (QED) is 0.680. The molecule has 10 heteroatoms. The fourth-order valence-electron chi connectivity index (χ4n) is 1.47. The van der Waals surface area contributed by atoms with Gasteiger partial charge < -0.3 is 0 Å². The smallest absolute Gasteiger partial charge is 0.235 e. The summed E-state index contributed by atoms with van der Waals surface area (Å²) >= 11 is 2.46. The van der Waals surface area contributed by atoms with Crippen LogP contribution in [-0.2, 0) is 6.18 Å². The SMILES string of the molecule is Cc1csc(Sc2cc(C(F)(F)F)nc3ncnn23)n1. The van der Waals surface area contributed by atoms with Gasteiger partial charge in [0.05, 0.1) is 0 Å². The predicted octanol–water partition coefficient (Wildman–Crippen LogP) is 3.06. The molecule has 0 radical (unpaired) electrons. The van der Waals surface area contributed by atoms with Crippen molar-refractivity contribution in [3.8, 4) is 0 Å². The molecule has 0 N–H and O–H groups in total. The van der Waals surface area contributed by atoms with Gasteiger partial charge in [-0.1, -0.05) is 0 Å². The van der Waals surface area contributed by atoms with Crippen molar-refractivity contribution >= 4 is 28.9 Å². The molecule has 3 heterocycles. The van der Waals surface area contributed by atoms with E-state index in [4.69, 9.17) is 0 Å². The van der Waals surface area contributed by atoms with E-state index in [0.717, 1.165) is 23.5 Å². The van der Waals surface area contributed by atoms with E-state index < -0.39 is 11.9 Å². The van der Waals surface area contributed by atoms with Crippen molar-refractivity contribution in [2.24, 2.45) is 0 Å². The summed E-state index contributed by atoms with van der Waals surface area (Å²) in [7, 11) is 0.